The molecule has 4 aromatic heterocycles. The molecular formula is C20H19N5O3. The van der Waals surface area contributed by atoms with Gasteiger partial charge in [-0.05, 0) is 38.1 Å². The van der Waals surface area contributed by atoms with Gasteiger partial charge in [0.15, 0.2) is 11.4 Å². The minimum Gasteiger partial charge on any atom is -0.454 e. The highest BCUT2D eigenvalue weighted by molar-refractivity contribution is 6.02. The first kappa shape index (κ1) is 17.7. The molecule has 0 spiro atoms. The van der Waals surface area contributed by atoms with E-state index in [0.29, 0.717) is 11.4 Å². The highest BCUT2D eigenvalue weighted by atomic mass is 16.4. The number of pyridine rings is 2. The lowest BCUT2D eigenvalue weighted by Gasteiger charge is -2.07. The minimum atomic E-state index is -0.385. The van der Waals surface area contributed by atoms with Crippen molar-refractivity contribution in [2.45, 2.75) is 26.4 Å². The molecule has 142 valence electrons. The molecule has 0 aliphatic rings. The van der Waals surface area contributed by atoms with Gasteiger partial charge in [0, 0.05) is 23.7 Å². The maximum atomic E-state index is 12.5. The Balaban J connectivity index is 1.50. The van der Waals surface area contributed by atoms with Crippen molar-refractivity contribution in [1.29, 1.82) is 0 Å². The Kier molecular flexibility index (Phi) is 4.52. The fraction of sp³-hybridized carbons (Fsp3) is 0.200. The second-order valence-corrected chi connectivity index (χ2v) is 6.71. The van der Waals surface area contributed by atoms with Crippen LogP contribution in [-0.4, -0.2) is 25.2 Å². The molecule has 8 heteroatoms. The van der Waals surface area contributed by atoms with Crippen LogP contribution in [0.1, 0.15) is 36.2 Å². The average Bonchev–Trinajstić information content (AvgIpc) is 3.30. The predicted octanol–water partition coefficient (Wildman–Crippen LogP) is 3.07. The van der Waals surface area contributed by atoms with Crippen LogP contribution in [0, 0.1) is 0 Å². The first-order valence-corrected chi connectivity index (χ1v) is 8.90. The summed E-state index contributed by atoms with van der Waals surface area (Å²) in [5.41, 5.74) is 1.19. The van der Waals surface area contributed by atoms with E-state index in [0.717, 1.165) is 11.0 Å². The van der Waals surface area contributed by atoms with Gasteiger partial charge in [-0.3, -0.25) is 9.59 Å². The Morgan fingerprint density at radius 2 is 2.07 bits per heavy atom. The minimum absolute atomic E-state index is 0.133. The molecule has 0 aliphatic carbocycles. The van der Waals surface area contributed by atoms with E-state index in [1.54, 1.807) is 42.9 Å². The molecule has 8 nitrogen and oxygen atoms in total. The molecular weight excluding hydrogens is 358 g/mol. The molecule has 0 unspecified atom stereocenters. The van der Waals surface area contributed by atoms with Crippen molar-refractivity contribution in [3.05, 3.63) is 76.9 Å². The number of aromatic nitrogens is 4. The van der Waals surface area contributed by atoms with E-state index >= 15 is 0 Å². The van der Waals surface area contributed by atoms with Gasteiger partial charge in [0.05, 0.1) is 24.6 Å². The fourth-order valence-electron chi connectivity index (χ4n) is 2.92. The Morgan fingerprint density at radius 1 is 1.21 bits per heavy atom. The van der Waals surface area contributed by atoms with Gasteiger partial charge < -0.3 is 14.3 Å². The summed E-state index contributed by atoms with van der Waals surface area (Å²) in [5.74, 6) is 0.297. The SMILES string of the molecule is CC(C)n1ncc2cc(NC(=O)c3ccc(Cn4ccccc4=O)o3)cnc21. The smallest absolute Gasteiger partial charge is 0.291 e. The molecule has 0 saturated carbocycles. The molecule has 4 rings (SSSR count). The summed E-state index contributed by atoms with van der Waals surface area (Å²) >= 11 is 0. The van der Waals surface area contributed by atoms with Crippen LogP contribution < -0.4 is 10.9 Å². The van der Waals surface area contributed by atoms with E-state index in [2.05, 4.69) is 15.4 Å². The molecule has 0 aromatic carbocycles. The molecule has 0 bridgehead atoms. The first-order chi connectivity index (χ1) is 13.5. The lowest BCUT2D eigenvalue weighted by Crippen LogP contribution is -2.18. The molecule has 1 N–H and O–H groups in total. The number of furan rings is 1. The third-order valence-corrected chi connectivity index (χ3v) is 4.29. The zero-order valence-corrected chi connectivity index (χ0v) is 15.5. The Morgan fingerprint density at radius 3 is 2.86 bits per heavy atom. The number of hydrogen-bond acceptors (Lipinski definition) is 5. The van der Waals surface area contributed by atoms with Crippen LogP contribution in [0.2, 0.25) is 0 Å². The topological polar surface area (TPSA) is 95.0 Å². The quantitative estimate of drug-likeness (QED) is 0.577. The third-order valence-electron chi connectivity index (χ3n) is 4.29. The van der Waals surface area contributed by atoms with Crippen LogP contribution in [0.4, 0.5) is 5.69 Å². The van der Waals surface area contributed by atoms with Crippen molar-refractivity contribution in [2.24, 2.45) is 0 Å². The molecule has 28 heavy (non-hydrogen) atoms. The standard InChI is InChI=1S/C20H19N5O3/c1-13(2)25-19-14(10-22-25)9-15(11-21-19)23-20(27)17-7-6-16(28-17)12-24-8-4-3-5-18(24)26/h3-11,13H,12H2,1-2H3,(H,23,27). The maximum Gasteiger partial charge on any atom is 0.291 e. The summed E-state index contributed by atoms with van der Waals surface area (Å²) in [5, 5.41) is 7.94. The van der Waals surface area contributed by atoms with Gasteiger partial charge >= 0.3 is 0 Å². The number of amides is 1. The second-order valence-electron chi connectivity index (χ2n) is 6.71. The van der Waals surface area contributed by atoms with Gasteiger partial charge in [0.25, 0.3) is 11.5 Å². The van der Waals surface area contributed by atoms with Gasteiger partial charge in [-0.25, -0.2) is 9.67 Å². The van der Waals surface area contributed by atoms with Crippen LogP contribution >= 0.6 is 0 Å². The molecule has 0 radical (unpaired) electrons. The molecule has 4 heterocycles. The van der Waals surface area contributed by atoms with Crippen LogP contribution in [0.5, 0.6) is 0 Å². The molecule has 1 amide bonds. The maximum absolute atomic E-state index is 12.5. The highest BCUT2D eigenvalue weighted by Gasteiger charge is 2.14. The Bertz CT molecular complexity index is 1200. The zero-order chi connectivity index (χ0) is 19.7. The van der Waals surface area contributed by atoms with Gasteiger partial charge in [0.1, 0.15) is 5.76 Å². The number of nitrogens with zero attached hydrogens (tertiary/aromatic N) is 4. The Hall–Kier alpha value is -3.68. The van der Waals surface area contributed by atoms with E-state index in [4.69, 9.17) is 4.42 Å². The summed E-state index contributed by atoms with van der Waals surface area (Å²) in [6.45, 7) is 4.32. The van der Waals surface area contributed by atoms with Gasteiger partial charge in [-0.1, -0.05) is 6.07 Å². The van der Waals surface area contributed by atoms with Crippen LogP contribution in [-0.2, 0) is 6.54 Å². The molecule has 0 atom stereocenters. The monoisotopic (exact) mass is 377 g/mol. The molecule has 0 fully saturated rings. The number of anilines is 1. The summed E-state index contributed by atoms with van der Waals surface area (Å²) < 4.78 is 8.92. The second kappa shape index (κ2) is 7.15. The lowest BCUT2D eigenvalue weighted by atomic mass is 10.3. The fourth-order valence-corrected chi connectivity index (χ4v) is 2.92. The van der Waals surface area contributed by atoms with E-state index in [9.17, 15) is 9.59 Å². The van der Waals surface area contributed by atoms with E-state index in [1.807, 2.05) is 24.6 Å². The van der Waals surface area contributed by atoms with Crippen molar-refractivity contribution in [2.75, 3.05) is 5.32 Å². The number of carbonyl (C=O) groups excluding carboxylic acids is 1. The number of rotatable bonds is 5. The summed E-state index contributed by atoms with van der Waals surface area (Å²) in [6.07, 6.45) is 4.98. The van der Waals surface area contributed by atoms with Crippen LogP contribution in [0.15, 0.2) is 64.2 Å². The Labute approximate surface area is 160 Å². The van der Waals surface area contributed by atoms with Crippen molar-refractivity contribution in [1.82, 2.24) is 19.3 Å². The summed E-state index contributed by atoms with van der Waals surface area (Å²) in [7, 11) is 0. The van der Waals surface area contributed by atoms with Gasteiger partial charge in [0.2, 0.25) is 0 Å². The summed E-state index contributed by atoms with van der Waals surface area (Å²) in [4.78, 5) is 28.7. The largest absolute Gasteiger partial charge is 0.454 e. The first-order valence-electron chi connectivity index (χ1n) is 8.90. The van der Waals surface area contributed by atoms with Crippen LogP contribution in [0.25, 0.3) is 11.0 Å². The highest BCUT2D eigenvalue weighted by Crippen LogP contribution is 2.20. The number of carbonyl (C=O) groups is 1. The number of fused-ring (bicyclic) bond motifs is 1. The molecule has 4 aromatic rings. The molecule has 0 aliphatic heterocycles. The lowest BCUT2D eigenvalue weighted by molar-refractivity contribution is 0.0994. The van der Waals surface area contributed by atoms with Gasteiger partial charge in [-0.15, -0.1) is 0 Å². The zero-order valence-electron chi connectivity index (χ0n) is 15.5. The van der Waals surface area contributed by atoms with Crippen molar-refractivity contribution in [3.63, 3.8) is 0 Å². The van der Waals surface area contributed by atoms with Gasteiger partial charge in [-0.2, -0.15) is 5.10 Å². The van der Waals surface area contributed by atoms with E-state index in [-0.39, 0.29) is 29.8 Å². The summed E-state index contributed by atoms with van der Waals surface area (Å²) in [6, 6.07) is 10.2. The molecule has 0 saturated heterocycles. The third kappa shape index (κ3) is 3.44. The van der Waals surface area contributed by atoms with Crippen molar-refractivity contribution in [3.8, 4) is 0 Å². The predicted molar refractivity (Wildman–Crippen MR) is 104 cm³/mol. The normalized spacial score (nSPS) is 11.2. The van der Waals surface area contributed by atoms with Crippen LogP contribution in [0.3, 0.4) is 0 Å². The van der Waals surface area contributed by atoms with Crippen molar-refractivity contribution >= 4 is 22.6 Å². The number of hydrogen-bond donors (Lipinski definition) is 1. The van der Waals surface area contributed by atoms with E-state index < -0.39 is 0 Å². The van der Waals surface area contributed by atoms with E-state index in [1.165, 1.54) is 10.6 Å². The average molecular weight is 377 g/mol. The number of nitrogens with one attached hydrogen (secondary N) is 1. The van der Waals surface area contributed by atoms with Crippen molar-refractivity contribution < 1.29 is 9.21 Å².